The molecule has 5 heteroatoms. The lowest BCUT2D eigenvalue weighted by molar-refractivity contribution is -0.0689. The van der Waals surface area contributed by atoms with E-state index in [0.717, 1.165) is 43.5 Å². The molecular weight excluding hydrogens is 264 g/mol. The van der Waals surface area contributed by atoms with Crippen molar-refractivity contribution in [3.05, 3.63) is 17.6 Å². The summed E-state index contributed by atoms with van der Waals surface area (Å²) in [5.41, 5.74) is 1.09. The molecule has 3 heterocycles. The molecule has 1 aromatic heterocycles. The van der Waals surface area contributed by atoms with Crippen LogP contribution in [0.3, 0.4) is 0 Å². The molecule has 2 fully saturated rings. The highest BCUT2D eigenvalue weighted by molar-refractivity contribution is 5.36. The fourth-order valence-electron chi connectivity index (χ4n) is 3.29. The molecule has 0 radical (unpaired) electrons. The third-order valence-electron chi connectivity index (χ3n) is 4.48. The second-order valence-corrected chi connectivity index (χ2v) is 6.13. The molecule has 116 valence electrons. The molecule has 0 bridgehead atoms. The zero-order valence-electron chi connectivity index (χ0n) is 13.1. The topological polar surface area (TPSA) is 50.3 Å². The predicted molar refractivity (Wildman–Crippen MR) is 83.6 cm³/mol. The van der Waals surface area contributed by atoms with Gasteiger partial charge in [-0.05, 0) is 32.7 Å². The number of morpholine rings is 1. The maximum atomic E-state index is 6.01. The maximum Gasteiger partial charge on any atom is 0.130 e. The summed E-state index contributed by atoms with van der Waals surface area (Å²) in [6.07, 6.45) is 5.19. The molecule has 1 aromatic rings. The van der Waals surface area contributed by atoms with Crippen molar-refractivity contribution in [2.45, 2.75) is 51.7 Å². The van der Waals surface area contributed by atoms with Crippen LogP contribution in [0.4, 0.5) is 5.82 Å². The summed E-state index contributed by atoms with van der Waals surface area (Å²) >= 11 is 0. The summed E-state index contributed by atoms with van der Waals surface area (Å²) in [4.78, 5) is 11.5. The summed E-state index contributed by atoms with van der Waals surface area (Å²) in [5.74, 6) is 1.75. The average molecular weight is 290 g/mol. The Morgan fingerprint density at radius 3 is 3.14 bits per heavy atom. The van der Waals surface area contributed by atoms with E-state index >= 15 is 0 Å². The number of nitrogens with zero attached hydrogens (tertiary/aromatic N) is 3. The van der Waals surface area contributed by atoms with E-state index < -0.39 is 0 Å². The number of piperidine rings is 1. The molecule has 5 nitrogen and oxygen atoms in total. The lowest BCUT2D eigenvalue weighted by Crippen LogP contribution is -2.53. The van der Waals surface area contributed by atoms with Crippen LogP contribution in [0.25, 0.3) is 0 Å². The van der Waals surface area contributed by atoms with Gasteiger partial charge in [-0.2, -0.15) is 0 Å². The Balaban J connectivity index is 1.54. The molecule has 2 unspecified atom stereocenters. The average Bonchev–Trinajstić information content (AvgIpc) is 2.52. The lowest BCUT2D eigenvalue weighted by atomic mass is 10.0. The number of ether oxygens (including phenoxy) is 1. The first kappa shape index (κ1) is 14.7. The molecule has 2 atom stereocenters. The van der Waals surface area contributed by atoms with Crippen molar-refractivity contribution >= 4 is 5.82 Å². The van der Waals surface area contributed by atoms with Crippen molar-refractivity contribution in [2.24, 2.45) is 0 Å². The fourth-order valence-corrected chi connectivity index (χ4v) is 3.29. The molecule has 1 N–H and O–H groups in total. The van der Waals surface area contributed by atoms with Crippen molar-refractivity contribution in [1.82, 2.24) is 14.9 Å². The van der Waals surface area contributed by atoms with Crippen molar-refractivity contribution in [2.75, 3.05) is 31.6 Å². The second kappa shape index (κ2) is 6.71. The first-order valence-electron chi connectivity index (χ1n) is 8.18. The predicted octanol–water partition coefficient (Wildman–Crippen LogP) is 2.01. The van der Waals surface area contributed by atoms with Crippen LogP contribution in [0.2, 0.25) is 0 Å². The fraction of sp³-hybridized carbons (Fsp3) is 0.750. The molecule has 3 rings (SSSR count). The van der Waals surface area contributed by atoms with Crippen LogP contribution in [0.1, 0.15) is 37.7 Å². The number of nitrogens with one attached hydrogen (secondary N) is 1. The van der Waals surface area contributed by atoms with Gasteiger partial charge in [0, 0.05) is 30.9 Å². The molecular formula is C16H26N4O. The van der Waals surface area contributed by atoms with Crippen molar-refractivity contribution < 1.29 is 4.74 Å². The van der Waals surface area contributed by atoms with Crippen molar-refractivity contribution in [3.8, 4) is 0 Å². The third kappa shape index (κ3) is 3.71. The monoisotopic (exact) mass is 290 g/mol. The van der Waals surface area contributed by atoms with Gasteiger partial charge in [-0.1, -0.05) is 13.3 Å². The summed E-state index contributed by atoms with van der Waals surface area (Å²) in [6.45, 7) is 8.05. The molecule has 21 heavy (non-hydrogen) atoms. The molecule has 0 aliphatic carbocycles. The third-order valence-corrected chi connectivity index (χ3v) is 4.48. The normalized spacial score (nSPS) is 26.4. The first-order chi connectivity index (χ1) is 10.2. The Labute approximate surface area is 127 Å². The van der Waals surface area contributed by atoms with E-state index in [1.165, 1.54) is 25.8 Å². The number of fused-ring (bicyclic) bond motifs is 1. The minimum absolute atomic E-state index is 0.264. The molecule has 2 aliphatic heterocycles. The molecule has 0 spiro atoms. The quantitative estimate of drug-likeness (QED) is 0.919. The van der Waals surface area contributed by atoms with Gasteiger partial charge in [0.1, 0.15) is 11.6 Å². The Kier molecular flexibility index (Phi) is 4.70. The van der Waals surface area contributed by atoms with Gasteiger partial charge in [0.25, 0.3) is 0 Å². The van der Waals surface area contributed by atoms with Gasteiger partial charge in [-0.15, -0.1) is 0 Å². The molecule has 0 aromatic carbocycles. The van der Waals surface area contributed by atoms with Crippen LogP contribution < -0.4 is 5.32 Å². The zero-order valence-corrected chi connectivity index (χ0v) is 13.1. The highest BCUT2D eigenvalue weighted by Crippen LogP contribution is 2.22. The Morgan fingerprint density at radius 2 is 2.29 bits per heavy atom. The van der Waals surface area contributed by atoms with Crippen LogP contribution in [0, 0.1) is 6.92 Å². The lowest BCUT2D eigenvalue weighted by Gasteiger charge is -2.42. The van der Waals surface area contributed by atoms with Crippen LogP contribution in [0.5, 0.6) is 0 Å². The van der Waals surface area contributed by atoms with Gasteiger partial charge >= 0.3 is 0 Å². The zero-order chi connectivity index (χ0) is 14.7. The van der Waals surface area contributed by atoms with Crippen LogP contribution in [-0.2, 0) is 11.2 Å². The van der Waals surface area contributed by atoms with Gasteiger partial charge in [0.2, 0.25) is 0 Å². The highest BCUT2D eigenvalue weighted by Gasteiger charge is 2.30. The smallest absolute Gasteiger partial charge is 0.130 e. The number of aromatic nitrogens is 2. The Hall–Kier alpha value is -1.20. The van der Waals surface area contributed by atoms with Crippen molar-refractivity contribution in [1.29, 1.82) is 0 Å². The van der Waals surface area contributed by atoms with Gasteiger partial charge in [-0.25, -0.2) is 9.97 Å². The number of rotatable bonds is 4. The number of anilines is 1. The van der Waals surface area contributed by atoms with E-state index in [-0.39, 0.29) is 6.10 Å². The summed E-state index contributed by atoms with van der Waals surface area (Å²) in [6, 6.07) is 2.70. The van der Waals surface area contributed by atoms with Crippen LogP contribution in [0.15, 0.2) is 6.07 Å². The summed E-state index contributed by atoms with van der Waals surface area (Å²) < 4.78 is 6.01. The molecule has 0 amide bonds. The van der Waals surface area contributed by atoms with E-state index in [4.69, 9.17) is 4.74 Å². The van der Waals surface area contributed by atoms with Gasteiger partial charge < -0.3 is 10.1 Å². The van der Waals surface area contributed by atoms with Gasteiger partial charge in [0.15, 0.2) is 0 Å². The second-order valence-electron chi connectivity index (χ2n) is 6.13. The summed E-state index contributed by atoms with van der Waals surface area (Å²) in [5, 5.41) is 3.42. The highest BCUT2D eigenvalue weighted by atomic mass is 16.5. The Bertz CT molecular complexity index is 479. The largest absolute Gasteiger partial charge is 0.373 e. The minimum Gasteiger partial charge on any atom is -0.373 e. The van der Waals surface area contributed by atoms with Crippen LogP contribution in [-0.4, -0.2) is 53.3 Å². The standard InChI is InChI=1S/C16H26N4O/c1-3-13-8-16(19-12(2)18-13)17-9-15-10-20-7-5-4-6-14(20)11-21-15/h8,14-15H,3-7,9-11H2,1-2H3,(H,17,18,19). The number of hydrogen-bond donors (Lipinski definition) is 1. The first-order valence-corrected chi connectivity index (χ1v) is 8.18. The van der Waals surface area contributed by atoms with Gasteiger partial charge in [-0.3, -0.25) is 4.90 Å². The van der Waals surface area contributed by atoms with Gasteiger partial charge in [0.05, 0.1) is 12.7 Å². The van der Waals surface area contributed by atoms with Crippen molar-refractivity contribution in [3.63, 3.8) is 0 Å². The van der Waals surface area contributed by atoms with E-state index in [0.29, 0.717) is 6.04 Å². The summed E-state index contributed by atoms with van der Waals surface area (Å²) in [7, 11) is 0. The number of aryl methyl sites for hydroxylation is 2. The molecule has 2 saturated heterocycles. The van der Waals surface area contributed by atoms with E-state index in [9.17, 15) is 0 Å². The van der Waals surface area contributed by atoms with E-state index in [1.807, 2.05) is 13.0 Å². The molecule has 2 aliphatic rings. The SMILES string of the molecule is CCc1cc(NCC2CN3CCCCC3CO2)nc(C)n1. The Morgan fingerprint density at radius 1 is 1.38 bits per heavy atom. The van der Waals surface area contributed by atoms with E-state index in [1.54, 1.807) is 0 Å². The van der Waals surface area contributed by atoms with E-state index in [2.05, 4.69) is 27.1 Å². The minimum atomic E-state index is 0.264. The maximum absolute atomic E-state index is 6.01. The number of hydrogen-bond acceptors (Lipinski definition) is 5. The van der Waals surface area contributed by atoms with Crippen LogP contribution >= 0.6 is 0 Å². The molecule has 0 saturated carbocycles.